The fourth-order valence-corrected chi connectivity index (χ4v) is 3.67. The smallest absolute Gasteiger partial charge is 0.410 e. The van der Waals surface area contributed by atoms with Crippen LogP contribution >= 0.6 is 23.2 Å². The average Bonchev–Trinajstić information content (AvgIpc) is 2.97. The zero-order chi connectivity index (χ0) is 21.1. The molecule has 1 fully saturated rings. The molecule has 1 aromatic carbocycles. The van der Waals surface area contributed by atoms with E-state index >= 15 is 0 Å². The summed E-state index contributed by atoms with van der Waals surface area (Å²) in [6.07, 6.45) is -0.212. The molecule has 0 aliphatic carbocycles. The Morgan fingerprint density at radius 1 is 1.29 bits per heavy atom. The number of ether oxygens (including phenoxy) is 3. The maximum atomic E-state index is 12.8. The van der Waals surface area contributed by atoms with Gasteiger partial charge < -0.3 is 24.2 Å². The summed E-state index contributed by atoms with van der Waals surface area (Å²) in [5.74, 6) is -0.756. The van der Waals surface area contributed by atoms with Gasteiger partial charge in [0.25, 0.3) is 0 Å². The Morgan fingerprint density at radius 2 is 1.96 bits per heavy atom. The van der Waals surface area contributed by atoms with Crippen molar-refractivity contribution in [3.63, 3.8) is 0 Å². The largest absolute Gasteiger partial charge is 0.481 e. The van der Waals surface area contributed by atoms with Gasteiger partial charge in [-0.1, -0.05) is 23.2 Å². The molecule has 0 saturated carbocycles. The molecule has 1 heterocycles. The van der Waals surface area contributed by atoms with Crippen LogP contribution in [-0.2, 0) is 14.3 Å². The van der Waals surface area contributed by atoms with Crippen molar-refractivity contribution in [2.45, 2.75) is 45.3 Å². The van der Waals surface area contributed by atoms with E-state index < -0.39 is 23.7 Å². The van der Waals surface area contributed by atoms with E-state index in [-0.39, 0.29) is 30.7 Å². The number of benzene rings is 1. The number of carbonyl (C=O) groups excluding carboxylic acids is 1. The van der Waals surface area contributed by atoms with Crippen molar-refractivity contribution in [1.82, 2.24) is 4.90 Å². The van der Waals surface area contributed by atoms with Crippen LogP contribution in [0.1, 0.15) is 45.2 Å². The summed E-state index contributed by atoms with van der Waals surface area (Å²) in [6, 6.07) is 2.72. The summed E-state index contributed by atoms with van der Waals surface area (Å²) in [4.78, 5) is 25.5. The lowest BCUT2D eigenvalue weighted by Gasteiger charge is -2.30. The van der Waals surface area contributed by atoms with Crippen molar-refractivity contribution in [3.05, 3.63) is 27.7 Å². The molecule has 0 aromatic heterocycles. The van der Waals surface area contributed by atoms with Crippen molar-refractivity contribution < 1.29 is 28.9 Å². The number of halogens is 2. The highest BCUT2D eigenvalue weighted by molar-refractivity contribution is 6.42. The molecule has 7 nitrogen and oxygen atoms in total. The number of aliphatic carboxylic acids is 1. The van der Waals surface area contributed by atoms with Crippen LogP contribution in [0.5, 0.6) is 5.75 Å². The van der Waals surface area contributed by atoms with E-state index in [1.54, 1.807) is 32.9 Å². The number of carbonyl (C=O) groups is 2. The summed E-state index contributed by atoms with van der Waals surface area (Å²) in [5.41, 5.74) is -0.176. The lowest BCUT2D eigenvalue weighted by molar-refractivity contribution is -0.138. The maximum absolute atomic E-state index is 12.8. The highest BCUT2D eigenvalue weighted by Crippen LogP contribution is 2.46. The molecule has 2 rings (SSSR count). The van der Waals surface area contributed by atoms with E-state index in [2.05, 4.69) is 0 Å². The molecule has 0 unspecified atom stereocenters. The van der Waals surface area contributed by atoms with E-state index in [9.17, 15) is 14.7 Å². The molecule has 0 bridgehead atoms. The number of nitrogens with zero attached hydrogens (tertiary/aromatic N) is 1. The van der Waals surface area contributed by atoms with E-state index in [0.29, 0.717) is 22.8 Å². The molecular formula is C19H25Cl2NO6. The van der Waals surface area contributed by atoms with Crippen LogP contribution in [0.4, 0.5) is 4.79 Å². The van der Waals surface area contributed by atoms with E-state index in [4.69, 9.17) is 37.4 Å². The number of hydrogen-bond donors (Lipinski definition) is 1. The Balaban J connectivity index is 2.44. The summed E-state index contributed by atoms with van der Waals surface area (Å²) < 4.78 is 16.1. The lowest BCUT2D eigenvalue weighted by Crippen LogP contribution is -2.37. The predicted molar refractivity (Wildman–Crippen MR) is 105 cm³/mol. The van der Waals surface area contributed by atoms with Gasteiger partial charge in [0.15, 0.2) is 6.79 Å². The molecule has 0 radical (unpaired) electrons. The minimum atomic E-state index is -0.928. The minimum absolute atomic E-state index is 0.0112. The summed E-state index contributed by atoms with van der Waals surface area (Å²) >= 11 is 12.7. The molecule has 28 heavy (non-hydrogen) atoms. The molecular weight excluding hydrogens is 409 g/mol. The van der Waals surface area contributed by atoms with Gasteiger partial charge in [0, 0.05) is 25.6 Å². The van der Waals surface area contributed by atoms with Gasteiger partial charge in [-0.15, -0.1) is 0 Å². The zero-order valence-corrected chi connectivity index (χ0v) is 17.8. The van der Waals surface area contributed by atoms with E-state index in [0.717, 1.165) is 0 Å². The Kier molecular flexibility index (Phi) is 7.42. The molecule has 9 heteroatoms. The first kappa shape index (κ1) is 22.6. The van der Waals surface area contributed by atoms with Gasteiger partial charge in [0.1, 0.15) is 11.4 Å². The molecule has 1 amide bonds. The van der Waals surface area contributed by atoms with Gasteiger partial charge in [-0.2, -0.15) is 0 Å². The zero-order valence-electron chi connectivity index (χ0n) is 16.3. The third-order valence-corrected chi connectivity index (χ3v) is 5.06. The van der Waals surface area contributed by atoms with Gasteiger partial charge >= 0.3 is 12.1 Å². The second-order valence-corrected chi connectivity index (χ2v) is 8.46. The third-order valence-electron chi connectivity index (χ3n) is 4.24. The van der Waals surface area contributed by atoms with Gasteiger partial charge in [0.05, 0.1) is 16.1 Å². The monoisotopic (exact) mass is 433 g/mol. The van der Waals surface area contributed by atoms with Crippen LogP contribution in [-0.4, -0.2) is 48.1 Å². The van der Waals surface area contributed by atoms with Crippen LogP contribution in [0, 0.1) is 5.92 Å². The van der Waals surface area contributed by atoms with Crippen LogP contribution in [0.25, 0.3) is 0 Å². The second kappa shape index (κ2) is 9.20. The SMILES string of the molecule is COCOc1ccc(Cl)c(Cl)c1[C@H]1C[C@@H](CC(=O)O)CN1C(=O)OC(C)(C)C. The summed E-state index contributed by atoms with van der Waals surface area (Å²) in [5, 5.41) is 9.76. The number of carboxylic acid groups (broad SMARTS) is 1. The second-order valence-electron chi connectivity index (χ2n) is 7.67. The highest BCUT2D eigenvalue weighted by atomic mass is 35.5. The molecule has 156 valence electrons. The van der Waals surface area contributed by atoms with Crippen LogP contribution in [0.3, 0.4) is 0 Å². The molecule has 1 aliphatic heterocycles. The van der Waals surface area contributed by atoms with Crippen molar-refractivity contribution in [2.75, 3.05) is 20.4 Å². The number of methoxy groups -OCH3 is 1. The van der Waals surface area contributed by atoms with Crippen LogP contribution in [0.2, 0.25) is 10.0 Å². The molecule has 1 N–H and O–H groups in total. The van der Waals surface area contributed by atoms with Gasteiger partial charge in [-0.25, -0.2) is 4.79 Å². The number of amides is 1. The lowest BCUT2D eigenvalue weighted by atomic mass is 9.97. The van der Waals surface area contributed by atoms with Crippen molar-refractivity contribution in [1.29, 1.82) is 0 Å². The standard InChI is InChI=1S/C19H25Cl2NO6/c1-19(2,3)28-18(25)22-9-11(8-15(23)24)7-13(22)16-14(27-10-26-4)6-5-12(20)17(16)21/h5-6,11,13H,7-10H2,1-4H3,(H,23,24)/t11-,13+/m0/s1. The Bertz CT molecular complexity index is 734. The first-order valence-electron chi connectivity index (χ1n) is 8.84. The average molecular weight is 434 g/mol. The topological polar surface area (TPSA) is 85.3 Å². The summed E-state index contributed by atoms with van der Waals surface area (Å²) in [7, 11) is 1.49. The van der Waals surface area contributed by atoms with Crippen molar-refractivity contribution in [2.24, 2.45) is 5.92 Å². The Labute approximate surface area is 174 Å². The summed E-state index contributed by atoms with van der Waals surface area (Å²) in [6.45, 7) is 5.53. The van der Waals surface area contributed by atoms with Gasteiger partial charge in [-0.05, 0) is 45.2 Å². The number of likely N-dealkylation sites (tertiary alicyclic amines) is 1. The van der Waals surface area contributed by atoms with Crippen molar-refractivity contribution >= 4 is 35.3 Å². The molecule has 1 saturated heterocycles. The molecule has 0 spiro atoms. The number of rotatable bonds is 6. The van der Waals surface area contributed by atoms with Gasteiger partial charge in [-0.3, -0.25) is 4.79 Å². The fourth-order valence-electron chi connectivity index (χ4n) is 3.22. The molecule has 1 aromatic rings. The van der Waals surface area contributed by atoms with E-state index in [1.807, 2.05) is 0 Å². The maximum Gasteiger partial charge on any atom is 0.410 e. The Hall–Kier alpha value is -1.70. The molecule has 2 atom stereocenters. The quantitative estimate of drug-likeness (QED) is 0.651. The van der Waals surface area contributed by atoms with Gasteiger partial charge in [0.2, 0.25) is 0 Å². The highest BCUT2D eigenvalue weighted by Gasteiger charge is 2.41. The predicted octanol–water partition coefficient (Wildman–Crippen LogP) is 4.75. The number of hydrogen-bond acceptors (Lipinski definition) is 5. The first-order valence-corrected chi connectivity index (χ1v) is 9.60. The Morgan fingerprint density at radius 3 is 2.54 bits per heavy atom. The van der Waals surface area contributed by atoms with E-state index in [1.165, 1.54) is 12.0 Å². The molecule has 1 aliphatic rings. The fraction of sp³-hybridized carbons (Fsp3) is 0.579. The first-order chi connectivity index (χ1) is 13.0. The van der Waals surface area contributed by atoms with Crippen molar-refractivity contribution in [3.8, 4) is 5.75 Å². The third kappa shape index (κ3) is 5.65. The minimum Gasteiger partial charge on any atom is -0.481 e. The normalized spacial score (nSPS) is 19.6. The number of carboxylic acids is 1. The van der Waals surface area contributed by atoms with Crippen LogP contribution in [0.15, 0.2) is 12.1 Å². The van der Waals surface area contributed by atoms with Crippen LogP contribution < -0.4 is 4.74 Å².